The van der Waals surface area contributed by atoms with Crippen molar-refractivity contribution in [1.82, 2.24) is 15.0 Å². The molecule has 0 aliphatic carbocycles. The van der Waals surface area contributed by atoms with E-state index >= 15 is 0 Å². The average molecular weight is 825 g/mol. The number of anilines is 3. The minimum atomic E-state index is 0.643. The lowest BCUT2D eigenvalue weighted by molar-refractivity contribution is 0.669. The van der Waals surface area contributed by atoms with Crippen LogP contribution in [0.5, 0.6) is 0 Å². The van der Waals surface area contributed by atoms with Gasteiger partial charge >= 0.3 is 0 Å². The van der Waals surface area contributed by atoms with Gasteiger partial charge in [0.1, 0.15) is 11.2 Å². The van der Waals surface area contributed by atoms with E-state index in [0.717, 1.165) is 81.4 Å². The Morgan fingerprint density at radius 3 is 1.59 bits per heavy atom. The van der Waals surface area contributed by atoms with Crippen molar-refractivity contribution >= 4 is 70.5 Å². The summed E-state index contributed by atoms with van der Waals surface area (Å²) in [6.45, 7) is 0. The fraction of sp³-hybridized carbons (Fsp3) is 0. The molecule has 12 rings (SSSR count). The van der Waals surface area contributed by atoms with Gasteiger partial charge in [0.05, 0.1) is 0 Å². The highest BCUT2D eigenvalue weighted by Crippen LogP contribution is 2.45. The molecule has 63 heavy (non-hydrogen) atoms. The first-order chi connectivity index (χ1) is 31.2. The molecule has 3 heterocycles. The van der Waals surface area contributed by atoms with Crippen LogP contribution in [0.4, 0.5) is 17.1 Å². The molecule has 296 valence electrons. The van der Waals surface area contributed by atoms with Crippen LogP contribution in [0, 0.1) is 0 Å². The quantitative estimate of drug-likeness (QED) is 0.153. The molecule has 0 saturated carbocycles. The van der Waals surface area contributed by atoms with E-state index in [4.69, 9.17) is 19.4 Å². The molecule has 0 fully saturated rings. The SMILES string of the molecule is c1ccc(-c2nc(-c3ccccc3)nc(-c3cccc4sc5cc(N(c6cccc(-c7ccccc7-c7ccccc7)c6)c6ccc7c(c6)oc6ccccc67)ccc5c34)n2)cc1. The minimum absolute atomic E-state index is 0.643. The second kappa shape index (κ2) is 15.4. The van der Waals surface area contributed by atoms with Gasteiger partial charge in [-0.25, -0.2) is 15.0 Å². The Bertz CT molecular complexity index is 3580. The van der Waals surface area contributed by atoms with Gasteiger partial charge in [0.15, 0.2) is 17.5 Å². The Labute approximate surface area is 367 Å². The van der Waals surface area contributed by atoms with E-state index in [0.29, 0.717) is 17.5 Å². The molecule has 0 atom stereocenters. The van der Waals surface area contributed by atoms with Crippen LogP contribution in [0.15, 0.2) is 223 Å². The zero-order valence-corrected chi connectivity index (χ0v) is 34.7. The van der Waals surface area contributed by atoms with Crippen molar-refractivity contribution in [2.45, 2.75) is 0 Å². The number of benzene rings is 9. The maximum absolute atomic E-state index is 6.47. The number of rotatable bonds is 8. The summed E-state index contributed by atoms with van der Waals surface area (Å²) in [4.78, 5) is 17.6. The van der Waals surface area contributed by atoms with Gasteiger partial charge in [-0.15, -0.1) is 11.3 Å². The van der Waals surface area contributed by atoms with E-state index in [1.807, 2.05) is 72.8 Å². The van der Waals surface area contributed by atoms with E-state index < -0.39 is 0 Å². The van der Waals surface area contributed by atoms with Crippen LogP contribution >= 0.6 is 11.3 Å². The highest BCUT2D eigenvalue weighted by Gasteiger charge is 2.21. The van der Waals surface area contributed by atoms with E-state index in [-0.39, 0.29) is 0 Å². The number of aromatic nitrogens is 3. The van der Waals surface area contributed by atoms with Gasteiger partial charge in [0.2, 0.25) is 0 Å². The Hall–Kier alpha value is -8.19. The lowest BCUT2D eigenvalue weighted by atomic mass is 9.94. The van der Waals surface area contributed by atoms with Gasteiger partial charge in [0.25, 0.3) is 0 Å². The molecular formula is C57H36N4OS. The van der Waals surface area contributed by atoms with Gasteiger partial charge in [-0.05, 0) is 70.8 Å². The fourth-order valence-electron chi connectivity index (χ4n) is 8.79. The summed E-state index contributed by atoms with van der Waals surface area (Å²) in [5.74, 6) is 1.93. The maximum atomic E-state index is 6.47. The number of hydrogen-bond acceptors (Lipinski definition) is 6. The highest BCUT2D eigenvalue weighted by atomic mass is 32.1. The van der Waals surface area contributed by atoms with Crippen LogP contribution in [0.25, 0.3) is 98.5 Å². The summed E-state index contributed by atoms with van der Waals surface area (Å²) in [7, 11) is 0. The fourth-order valence-corrected chi connectivity index (χ4v) is 9.95. The third kappa shape index (κ3) is 6.61. The third-order valence-electron chi connectivity index (χ3n) is 11.7. The van der Waals surface area contributed by atoms with Gasteiger partial charge in [0, 0.05) is 70.8 Å². The largest absolute Gasteiger partial charge is 0.456 e. The predicted molar refractivity (Wildman–Crippen MR) is 262 cm³/mol. The van der Waals surface area contributed by atoms with Crippen molar-refractivity contribution in [3.8, 4) is 56.4 Å². The van der Waals surface area contributed by atoms with Gasteiger partial charge in [-0.2, -0.15) is 0 Å². The van der Waals surface area contributed by atoms with Crippen LogP contribution in [-0.2, 0) is 0 Å². The van der Waals surface area contributed by atoms with Crippen LogP contribution in [0.1, 0.15) is 0 Å². The zero-order chi connectivity index (χ0) is 41.7. The molecule has 0 aliphatic heterocycles. The van der Waals surface area contributed by atoms with Crippen LogP contribution in [0.2, 0.25) is 0 Å². The highest BCUT2D eigenvalue weighted by molar-refractivity contribution is 7.26. The van der Waals surface area contributed by atoms with Crippen molar-refractivity contribution in [3.63, 3.8) is 0 Å². The van der Waals surface area contributed by atoms with Crippen molar-refractivity contribution in [2.24, 2.45) is 0 Å². The molecule has 0 radical (unpaired) electrons. The van der Waals surface area contributed by atoms with Crippen LogP contribution < -0.4 is 4.90 Å². The molecule has 5 nitrogen and oxygen atoms in total. The molecular weight excluding hydrogens is 789 g/mol. The molecule has 12 aromatic rings. The molecule has 0 unspecified atom stereocenters. The molecule has 0 amide bonds. The number of nitrogens with zero attached hydrogens (tertiary/aromatic N) is 4. The summed E-state index contributed by atoms with van der Waals surface area (Å²) in [6, 6.07) is 76.4. The average Bonchev–Trinajstić information content (AvgIpc) is 3.93. The minimum Gasteiger partial charge on any atom is -0.456 e. The standard InChI is InChI=1S/C57H36N4OS/c1-4-16-37(17-5-1)44-24-10-11-25-45(44)40-22-14-23-41(34-40)61(42-30-32-47-46-26-12-13-28-50(46)62-51(47)35-42)43-31-33-48-53(36-43)63-52-29-15-27-49(54(48)52)57-59-55(38-18-6-2-7-19-38)58-56(60-57)39-20-8-3-9-21-39/h1-36H. The molecule has 9 aromatic carbocycles. The van der Waals surface area contributed by atoms with Crippen molar-refractivity contribution < 1.29 is 4.42 Å². The molecule has 0 saturated heterocycles. The monoisotopic (exact) mass is 824 g/mol. The maximum Gasteiger partial charge on any atom is 0.164 e. The van der Waals surface area contributed by atoms with E-state index in [1.165, 1.54) is 16.7 Å². The van der Waals surface area contributed by atoms with Crippen molar-refractivity contribution in [2.75, 3.05) is 4.90 Å². The second-order valence-corrected chi connectivity index (χ2v) is 16.7. The van der Waals surface area contributed by atoms with Gasteiger partial charge in [-0.1, -0.05) is 164 Å². The topological polar surface area (TPSA) is 55.1 Å². The lowest BCUT2D eigenvalue weighted by Gasteiger charge is -2.26. The van der Waals surface area contributed by atoms with Crippen molar-refractivity contribution in [1.29, 1.82) is 0 Å². The molecule has 0 aliphatic rings. The van der Waals surface area contributed by atoms with Gasteiger partial charge in [-0.3, -0.25) is 0 Å². The molecule has 3 aromatic heterocycles. The van der Waals surface area contributed by atoms with Crippen LogP contribution in [0.3, 0.4) is 0 Å². The first kappa shape index (κ1) is 36.6. The Morgan fingerprint density at radius 1 is 0.333 bits per heavy atom. The first-order valence-corrected chi connectivity index (χ1v) is 21.8. The summed E-state index contributed by atoms with van der Waals surface area (Å²) in [5.41, 5.74) is 12.4. The number of furan rings is 1. The zero-order valence-electron chi connectivity index (χ0n) is 33.9. The Kier molecular flexibility index (Phi) is 8.94. The third-order valence-corrected chi connectivity index (χ3v) is 12.8. The van der Waals surface area contributed by atoms with Crippen molar-refractivity contribution in [3.05, 3.63) is 218 Å². The summed E-state index contributed by atoms with van der Waals surface area (Å²) in [5, 5.41) is 4.48. The number of para-hydroxylation sites is 1. The molecule has 0 bridgehead atoms. The molecule has 6 heteroatoms. The summed E-state index contributed by atoms with van der Waals surface area (Å²) >= 11 is 1.78. The lowest BCUT2D eigenvalue weighted by Crippen LogP contribution is -2.10. The van der Waals surface area contributed by atoms with Gasteiger partial charge < -0.3 is 9.32 Å². The predicted octanol–water partition coefficient (Wildman–Crippen LogP) is 15.9. The van der Waals surface area contributed by atoms with Crippen LogP contribution in [-0.4, -0.2) is 15.0 Å². The normalized spacial score (nSPS) is 11.5. The van der Waals surface area contributed by atoms with E-state index in [2.05, 4.69) is 150 Å². The second-order valence-electron chi connectivity index (χ2n) is 15.6. The summed E-state index contributed by atoms with van der Waals surface area (Å²) < 4.78 is 8.80. The van der Waals surface area contributed by atoms with E-state index in [9.17, 15) is 0 Å². The first-order valence-electron chi connectivity index (χ1n) is 21.0. The Morgan fingerprint density at radius 2 is 0.857 bits per heavy atom. The number of thiophene rings is 1. The smallest absolute Gasteiger partial charge is 0.164 e. The Balaban J connectivity index is 1.03. The molecule has 0 N–H and O–H groups in total. The number of fused-ring (bicyclic) bond motifs is 6. The summed E-state index contributed by atoms with van der Waals surface area (Å²) in [6.07, 6.45) is 0. The molecule has 0 spiro atoms. The number of hydrogen-bond donors (Lipinski definition) is 0. The van der Waals surface area contributed by atoms with E-state index in [1.54, 1.807) is 11.3 Å².